The monoisotopic (exact) mass is 337 g/mol. The molecule has 3 heterocycles. The molecule has 3 aromatic rings. The fourth-order valence-electron chi connectivity index (χ4n) is 3.04. The molecule has 1 aromatic carbocycles. The van der Waals surface area contributed by atoms with Crippen molar-refractivity contribution in [2.24, 2.45) is 4.99 Å². The van der Waals surface area contributed by atoms with Crippen LogP contribution in [0.4, 0.5) is 5.88 Å². The molecular weight excluding hydrogens is 318 g/mol. The smallest absolute Gasteiger partial charge is 0.242 e. The number of morpholine rings is 1. The van der Waals surface area contributed by atoms with Crippen LogP contribution in [0.3, 0.4) is 0 Å². The number of benzene rings is 1. The van der Waals surface area contributed by atoms with Gasteiger partial charge < -0.3 is 18.6 Å². The summed E-state index contributed by atoms with van der Waals surface area (Å²) < 4.78 is 12.5. The van der Waals surface area contributed by atoms with Crippen LogP contribution in [-0.4, -0.2) is 47.9 Å². The number of carbonyl (C=O) groups is 1. The highest BCUT2D eigenvalue weighted by Gasteiger charge is 2.18. The number of ether oxygens (including phenoxy) is 1. The fraction of sp³-hybridized carbons (Fsp3) is 0.263. The van der Waals surface area contributed by atoms with Crippen LogP contribution >= 0.6 is 0 Å². The summed E-state index contributed by atoms with van der Waals surface area (Å²) >= 11 is 0. The maximum absolute atomic E-state index is 12.6. The molecular formula is C19H19N3O3. The van der Waals surface area contributed by atoms with Crippen LogP contribution in [0.15, 0.2) is 58.3 Å². The lowest BCUT2D eigenvalue weighted by Gasteiger charge is -2.27. The largest absolute Gasteiger partial charge is 0.447 e. The normalized spacial score (nSPS) is 15.3. The number of fused-ring (bicyclic) bond motifs is 1. The quantitative estimate of drug-likeness (QED) is 0.688. The zero-order chi connectivity index (χ0) is 17.1. The van der Waals surface area contributed by atoms with Gasteiger partial charge in [-0.25, -0.2) is 4.99 Å². The maximum Gasteiger partial charge on any atom is 0.242 e. The third kappa shape index (κ3) is 3.34. The van der Waals surface area contributed by atoms with Crippen molar-refractivity contribution in [1.82, 2.24) is 9.47 Å². The third-order valence-electron chi connectivity index (χ3n) is 4.33. The van der Waals surface area contributed by atoms with Crippen LogP contribution in [0.5, 0.6) is 0 Å². The molecule has 1 aliphatic rings. The lowest BCUT2D eigenvalue weighted by atomic mass is 10.2. The summed E-state index contributed by atoms with van der Waals surface area (Å²) in [7, 11) is 0. The molecule has 6 heteroatoms. The highest BCUT2D eigenvalue weighted by Crippen LogP contribution is 2.21. The predicted octanol–water partition coefficient (Wildman–Crippen LogP) is 2.84. The van der Waals surface area contributed by atoms with Gasteiger partial charge in [0.15, 0.2) is 0 Å². The third-order valence-corrected chi connectivity index (χ3v) is 4.33. The number of hydrogen-bond donors (Lipinski definition) is 0. The first kappa shape index (κ1) is 15.7. The van der Waals surface area contributed by atoms with Gasteiger partial charge in [-0.1, -0.05) is 18.2 Å². The van der Waals surface area contributed by atoms with Crippen molar-refractivity contribution in [2.45, 2.75) is 6.54 Å². The highest BCUT2D eigenvalue weighted by atomic mass is 16.5. The molecule has 2 aromatic heterocycles. The van der Waals surface area contributed by atoms with Crippen molar-refractivity contribution >= 4 is 28.9 Å². The minimum absolute atomic E-state index is 0.110. The minimum Gasteiger partial charge on any atom is -0.447 e. The van der Waals surface area contributed by atoms with E-state index >= 15 is 0 Å². The number of nitrogens with zero attached hydrogens (tertiary/aromatic N) is 3. The Hall–Kier alpha value is -2.86. The molecule has 0 unspecified atom stereocenters. The van der Waals surface area contributed by atoms with Gasteiger partial charge in [0, 0.05) is 48.0 Å². The summed E-state index contributed by atoms with van der Waals surface area (Å²) in [5.74, 6) is 0.666. The van der Waals surface area contributed by atoms with Gasteiger partial charge in [0.25, 0.3) is 0 Å². The maximum atomic E-state index is 12.6. The van der Waals surface area contributed by atoms with Gasteiger partial charge in [-0.15, -0.1) is 0 Å². The van der Waals surface area contributed by atoms with Crippen LogP contribution in [-0.2, 0) is 16.1 Å². The van der Waals surface area contributed by atoms with Gasteiger partial charge in [0.2, 0.25) is 11.8 Å². The van der Waals surface area contributed by atoms with Crippen molar-refractivity contribution < 1.29 is 13.9 Å². The van der Waals surface area contributed by atoms with Crippen molar-refractivity contribution in [3.05, 3.63) is 54.4 Å². The Morgan fingerprint density at radius 1 is 1.16 bits per heavy atom. The Kier molecular flexibility index (Phi) is 4.35. The second kappa shape index (κ2) is 6.94. The molecule has 1 saturated heterocycles. The van der Waals surface area contributed by atoms with Crippen LogP contribution in [0.2, 0.25) is 0 Å². The first-order valence-electron chi connectivity index (χ1n) is 8.32. The standard InChI is InChI=1S/C19H19N3O3/c23-19(21-7-10-24-11-8-21)14-22-13-15(12-20-18-6-3-9-25-18)16-4-1-2-5-17(16)22/h1-6,9,12-13H,7-8,10-11,14H2. The number of furan rings is 1. The van der Waals surface area contributed by atoms with Crippen molar-refractivity contribution in [3.63, 3.8) is 0 Å². The summed E-state index contributed by atoms with van der Waals surface area (Å²) in [6, 6.07) is 11.6. The van der Waals surface area contributed by atoms with Crippen LogP contribution in [0.25, 0.3) is 10.9 Å². The summed E-state index contributed by atoms with van der Waals surface area (Å²) in [6.45, 7) is 2.85. The van der Waals surface area contributed by atoms with E-state index in [9.17, 15) is 4.79 Å². The molecule has 0 atom stereocenters. The zero-order valence-electron chi connectivity index (χ0n) is 13.8. The second-order valence-corrected chi connectivity index (χ2v) is 5.93. The molecule has 0 N–H and O–H groups in total. The number of para-hydroxylation sites is 1. The topological polar surface area (TPSA) is 60.0 Å². The van der Waals surface area contributed by atoms with Crippen molar-refractivity contribution in [1.29, 1.82) is 0 Å². The second-order valence-electron chi connectivity index (χ2n) is 5.93. The van der Waals surface area contributed by atoms with Crippen molar-refractivity contribution in [3.8, 4) is 0 Å². The van der Waals surface area contributed by atoms with Gasteiger partial charge in [0.05, 0.1) is 19.5 Å². The van der Waals surface area contributed by atoms with E-state index in [1.807, 2.05) is 39.9 Å². The average Bonchev–Trinajstić information content (AvgIpc) is 3.29. The van der Waals surface area contributed by atoms with Crippen LogP contribution in [0, 0.1) is 0 Å². The fourth-order valence-corrected chi connectivity index (χ4v) is 3.04. The predicted molar refractivity (Wildman–Crippen MR) is 95.3 cm³/mol. The lowest BCUT2D eigenvalue weighted by Crippen LogP contribution is -2.42. The van der Waals surface area contributed by atoms with E-state index in [-0.39, 0.29) is 5.91 Å². The molecule has 25 heavy (non-hydrogen) atoms. The van der Waals surface area contributed by atoms with Gasteiger partial charge in [-0.3, -0.25) is 4.79 Å². The summed E-state index contributed by atoms with van der Waals surface area (Å²) in [4.78, 5) is 18.8. The number of rotatable bonds is 4. The Labute approximate surface area is 145 Å². The Balaban J connectivity index is 1.61. The first-order chi connectivity index (χ1) is 12.3. The van der Waals surface area contributed by atoms with Crippen LogP contribution in [0.1, 0.15) is 5.56 Å². The molecule has 0 bridgehead atoms. The van der Waals surface area contributed by atoms with Gasteiger partial charge >= 0.3 is 0 Å². The van der Waals surface area contributed by atoms with E-state index in [2.05, 4.69) is 4.99 Å². The van der Waals surface area contributed by atoms with E-state index in [1.165, 1.54) is 0 Å². The minimum atomic E-state index is 0.110. The molecule has 4 rings (SSSR count). The van der Waals surface area contributed by atoms with E-state index < -0.39 is 0 Å². The zero-order valence-corrected chi connectivity index (χ0v) is 13.8. The molecule has 6 nitrogen and oxygen atoms in total. The SMILES string of the molecule is O=C(Cn1cc(C=Nc2ccco2)c2ccccc21)N1CCOCC1. The van der Waals surface area contributed by atoms with E-state index in [1.54, 1.807) is 24.6 Å². The van der Waals surface area contributed by atoms with Crippen molar-refractivity contribution in [2.75, 3.05) is 26.3 Å². The Morgan fingerprint density at radius 2 is 2.00 bits per heavy atom. The Bertz CT molecular complexity index is 890. The van der Waals surface area contributed by atoms with Gasteiger partial charge in [-0.05, 0) is 12.1 Å². The van der Waals surface area contributed by atoms with E-state index in [0.717, 1.165) is 16.5 Å². The first-order valence-corrected chi connectivity index (χ1v) is 8.32. The molecule has 1 aliphatic heterocycles. The van der Waals surface area contributed by atoms with Gasteiger partial charge in [0.1, 0.15) is 6.54 Å². The number of amides is 1. The molecule has 0 spiro atoms. The number of carbonyl (C=O) groups excluding carboxylic acids is 1. The molecule has 0 saturated carbocycles. The molecule has 1 amide bonds. The lowest BCUT2D eigenvalue weighted by molar-refractivity contribution is -0.135. The molecule has 128 valence electrons. The molecule has 0 radical (unpaired) electrons. The highest BCUT2D eigenvalue weighted by molar-refractivity contribution is 6.00. The summed E-state index contributed by atoms with van der Waals surface area (Å²) in [6.07, 6.45) is 5.34. The van der Waals surface area contributed by atoms with E-state index in [4.69, 9.17) is 9.15 Å². The Morgan fingerprint density at radius 3 is 2.80 bits per heavy atom. The van der Waals surface area contributed by atoms with Gasteiger partial charge in [-0.2, -0.15) is 0 Å². The molecule has 0 aliphatic carbocycles. The number of aliphatic imine (C=N–C) groups is 1. The number of aromatic nitrogens is 1. The number of hydrogen-bond acceptors (Lipinski definition) is 4. The summed E-state index contributed by atoms with van der Waals surface area (Å²) in [5, 5.41) is 1.06. The van der Waals surface area contributed by atoms with Crippen LogP contribution < -0.4 is 0 Å². The molecule has 1 fully saturated rings. The van der Waals surface area contributed by atoms with E-state index in [0.29, 0.717) is 38.7 Å². The average molecular weight is 337 g/mol. The summed E-state index contributed by atoms with van der Waals surface area (Å²) in [5.41, 5.74) is 1.98.